The van der Waals surface area contributed by atoms with E-state index in [4.69, 9.17) is 5.73 Å². The lowest BCUT2D eigenvalue weighted by Gasteiger charge is -2.27. The number of nitrogens with zero attached hydrogens (tertiary/aromatic N) is 4. The molecule has 1 saturated carbocycles. The van der Waals surface area contributed by atoms with Crippen LogP contribution < -0.4 is 11.1 Å². The van der Waals surface area contributed by atoms with Crippen molar-refractivity contribution in [2.75, 3.05) is 5.32 Å². The van der Waals surface area contributed by atoms with Crippen molar-refractivity contribution in [1.29, 1.82) is 0 Å². The Kier molecular flexibility index (Phi) is 3.92. The number of nitrogens with one attached hydrogen (secondary N) is 1. The average Bonchev–Trinajstić information content (AvgIpc) is 3.02. The SMILES string of the molecule is NC1CCCCC1C(=O)Nc1cccnc1-n1cncn1. The largest absolute Gasteiger partial charge is 0.327 e. The monoisotopic (exact) mass is 286 g/mol. The number of carbonyl (C=O) groups is 1. The van der Waals surface area contributed by atoms with E-state index in [-0.39, 0.29) is 17.9 Å². The summed E-state index contributed by atoms with van der Waals surface area (Å²) >= 11 is 0. The van der Waals surface area contributed by atoms with Crippen LogP contribution in [0.2, 0.25) is 0 Å². The number of anilines is 1. The second kappa shape index (κ2) is 6.01. The third-order valence-corrected chi connectivity index (χ3v) is 3.84. The van der Waals surface area contributed by atoms with Crippen LogP contribution >= 0.6 is 0 Å². The van der Waals surface area contributed by atoms with Crippen molar-refractivity contribution in [3.05, 3.63) is 31.0 Å². The normalized spacial score (nSPS) is 22.0. The van der Waals surface area contributed by atoms with Gasteiger partial charge in [0.2, 0.25) is 5.91 Å². The van der Waals surface area contributed by atoms with Gasteiger partial charge in [0.05, 0.1) is 11.6 Å². The van der Waals surface area contributed by atoms with E-state index >= 15 is 0 Å². The van der Waals surface area contributed by atoms with Gasteiger partial charge in [-0.05, 0) is 25.0 Å². The van der Waals surface area contributed by atoms with E-state index < -0.39 is 0 Å². The molecule has 0 spiro atoms. The fourth-order valence-electron chi connectivity index (χ4n) is 2.71. The molecule has 7 heteroatoms. The number of hydrogen-bond acceptors (Lipinski definition) is 5. The van der Waals surface area contributed by atoms with Crippen LogP contribution in [0.25, 0.3) is 5.82 Å². The van der Waals surface area contributed by atoms with Gasteiger partial charge < -0.3 is 11.1 Å². The maximum Gasteiger partial charge on any atom is 0.229 e. The highest BCUT2D eigenvalue weighted by Crippen LogP contribution is 2.25. The van der Waals surface area contributed by atoms with Crippen LogP contribution in [-0.4, -0.2) is 31.7 Å². The van der Waals surface area contributed by atoms with Crippen molar-refractivity contribution < 1.29 is 4.79 Å². The molecule has 0 aromatic carbocycles. The molecular weight excluding hydrogens is 268 g/mol. The minimum atomic E-state index is -0.137. The molecule has 2 unspecified atom stereocenters. The summed E-state index contributed by atoms with van der Waals surface area (Å²) in [6.45, 7) is 0. The van der Waals surface area contributed by atoms with E-state index in [1.165, 1.54) is 11.0 Å². The first kappa shape index (κ1) is 13.7. The first-order chi connectivity index (χ1) is 10.3. The van der Waals surface area contributed by atoms with Gasteiger partial charge in [0.15, 0.2) is 5.82 Å². The molecule has 3 rings (SSSR count). The Balaban J connectivity index is 1.80. The Labute approximate surface area is 122 Å². The van der Waals surface area contributed by atoms with Crippen LogP contribution in [0.4, 0.5) is 5.69 Å². The molecule has 2 aromatic heterocycles. The Morgan fingerprint density at radius 3 is 3.00 bits per heavy atom. The average molecular weight is 286 g/mol. The molecule has 21 heavy (non-hydrogen) atoms. The van der Waals surface area contributed by atoms with Gasteiger partial charge in [0.1, 0.15) is 12.7 Å². The van der Waals surface area contributed by atoms with Crippen molar-refractivity contribution in [3.8, 4) is 5.82 Å². The van der Waals surface area contributed by atoms with E-state index in [0.717, 1.165) is 25.7 Å². The first-order valence-electron chi connectivity index (χ1n) is 7.12. The lowest BCUT2D eigenvalue weighted by Crippen LogP contribution is -2.40. The van der Waals surface area contributed by atoms with Crippen LogP contribution in [0.3, 0.4) is 0 Å². The molecule has 1 aliphatic carbocycles. The van der Waals surface area contributed by atoms with Gasteiger partial charge >= 0.3 is 0 Å². The molecule has 1 fully saturated rings. The molecule has 110 valence electrons. The number of rotatable bonds is 3. The molecule has 0 bridgehead atoms. The molecule has 3 N–H and O–H groups in total. The predicted octanol–water partition coefficient (Wildman–Crippen LogP) is 1.12. The van der Waals surface area contributed by atoms with Gasteiger partial charge in [-0.15, -0.1) is 0 Å². The smallest absolute Gasteiger partial charge is 0.229 e. The molecular formula is C14H18N6O. The second-order valence-electron chi connectivity index (χ2n) is 5.26. The molecule has 2 aromatic rings. The third kappa shape index (κ3) is 2.92. The van der Waals surface area contributed by atoms with Crippen molar-refractivity contribution in [2.24, 2.45) is 11.7 Å². The number of carbonyl (C=O) groups excluding carboxylic acids is 1. The maximum absolute atomic E-state index is 12.4. The van der Waals surface area contributed by atoms with Crippen LogP contribution in [0.1, 0.15) is 25.7 Å². The summed E-state index contributed by atoms with van der Waals surface area (Å²) in [4.78, 5) is 20.6. The molecule has 1 aliphatic rings. The first-order valence-corrected chi connectivity index (χ1v) is 7.12. The summed E-state index contributed by atoms with van der Waals surface area (Å²) < 4.78 is 1.52. The van der Waals surface area contributed by atoms with Gasteiger partial charge in [-0.3, -0.25) is 4.79 Å². The van der Waals surface area contributed by atoms with E-state index in [9.17, 15) is 4.79 Å². The predicted molar refractivity (Wildman–Crippen MR) is 77.7 cm³/mol. The number of aromatic nitrogens is 4. The van der Waals surface area contributed by atoms with Crippen molar-refractivity contribution in [3.63, 3.8) is 0 Å². The fraction of sp³-hybridized carbons (Fsp3) is 0.429. The van der Waals surface area contributed by atoms with Gasteiger partial charge in [-0.2, -0.15) is 5.10 Å². The van der Waals surface area contributed by atoms with E-state index in [1.807, 2.05) is 0 Å². The van der Waals surface area contributed by atoms with Crippen molar-refractivity contribution in [1.82, 2.24) is 19.7 Å². The van der Waals surface area contributed by atoms with Crippen LogP contribution in [0.15, 0.2) is 31.0 Å². The Hall–Kier alpha value is -2.28. The highest BCUT2D eigenvalue weighted by Gasteiger charge is 2.28. The maximum atomic E-state index is 12.4. The molecule has 2 atom stereocenters. The topological polar surface area (TPSA) is 98.7 Å². The zero-order valence-electron chi connectivity index (χ0n) is 11.6. The minimum Gasteiger partial charge on any atom is -0.327 e. The third-order valence-electron chi connectivity index (χ3n) is 3.84. The summed E-state index contributed by atoms with van der Waals surface area (Å²) in [5.74, 6) is 0.367. The number of pyridine rings is 1. The molecule has 2 heterocycles. The van der Waals surface area contributed by atoms with E-state index in [1.54, 1.807) is 24.7 Å². The van der Waals surface area contributed by atoms with Crippen LogP contribution in [0, 0.1) is 5.92 Å². The summed E-state index contributed by atoms with van der Waals surface area (Å²) in [7, 11) is 0. The number of amides is 1. The highest BCUT2D eigenvalue weighted by molar-refractivity contribution is 5.94. The van der Waals surface area contributed by atoms with Gasteiger partial charge in [-0.1, -0.05) is 12.8 Å². The lowest BCUT2D eigenvalue weighted by molar-refractivity contribution is -0.121. The quantitative estimate of drug-likeness (QED) is 0.881. The van der Waals surface area contributed by atoms with Crippen LogP contribution in [0.5, 0.6) is 0 Å². The minimum absolute atomic E-state index is 0.0448. The standard InChI is InChI=1S/C14H18N6O/c15-11-5-2-1-4-10(11)14(21)19-12-6-3-7-17-13(12)20-9-16-8-18-20/h3,6-11H,1-2,4-5,15H2,(H,19,21). The van der Waals surface area contributed by atoms with Crippen molar-refractivity contribution >= 4 is 11.6 Å². The summed E-state index contributed by atoms with van der Waals surface area (Å²) in [6, 6.07) is 3.51. The molecule has 7 nitrogen and oxygen atoms in total. The summed E-state index contributed by atoms with van der Waals surface area (Å²) in [5, 5.41) is 6.98. The second-order valence-corrected chi connectivity index (χ2v) is 5.26. The summed E-state index contributed by atoms with van der Waals surface area (Å²) in [6.07, 6.45) is 8.52. The Bertz CT molecular complexity index is 612. The van der Waals surface area contributed by atoms with Gasteiger partial charge in [0, 0.05) is 12.2 Å². The fourth-order valence-corrected chi connectivity index (χ4v) is 2.71. The van der Waals surface area contributed by atoms with Crippen LogP contribution in [-0.2, 0) is 4.79 Å². The molecule has 1 amide bonds. The molecule has 0 radical (unpaired) electrons. The van der Waals surface area contributed by atoms with E-state index in [2.05, 4.69) is 20.4 Å². The highest BCUT2D eigenvalue weighted by atomic mass is 16.1. The molecule has 0 saturated heterocycles. The van der Waals surface area contributed by atoms with Gasteiger partial charge in [0.25, 0.3) is 0 Å². The number of hydrogen-bond donors (Lipinski definition) is 2. The molecule has 0 aliphatic heterocycles. The Morgan fingerprint density at radius 1 is 1.38 bits per heavy atom. The number of nitrogens with two attached hydrogens (primary N) is 1. The lowest BCUT2D eigenvalue weighted by atomic mass is 9.84. The Morgan fingerprint density at radius 2 is 2.24 bits per heavy atom. The van der Waals surface area contributed by atoms with E-state index in [0.29, 0.717) is 11.5 Å². The van der Waals surface area contributed by atoms with Gasteiger partial charge in [-0.25, -0.2) is 14.6 Å². The van der Waals surface area contributed by atoms with Crippen molar-refractivity contribution in [2.45, 2.75) is 31.7 Å². The summed E-state index contributed by atoms with van der Waals surface area (Å²) in [5.41, 5.74) is 6.68. The zero-order valence-corrected chi connectivity index (χ0v) is 11.6. The zero-order chi connectivity index (χ0) is 14.7.